The van der Waals surface area contributed by atoms with E-state index < -0.39 is 17.7 Å². The topological polar surface area (TPSA) is 66.4 Å². The molecular formula is C10H8FNO3. The van der Waals surface area contributed by atoms with Crippen molar-refractivity contribution >= 4 is 17.6 Å². The van der Waals surface area contributed by atoms with Crippen molar-refractivity contribution in [2.75, 3.05) is 5.32 Å². The fourth-order valence-electron chi connectivity index (χ4n) is 1.65. The van der Waals surface area contributed by atoms with Gasteiger partial charge in [-0.3, -0.25) is 9.59 Å². The Balaban J connectivity index is 2.52. The van der Waals surface area contributed by atoms with E-state index in [9.17, 15) is 14.0 Å². The van der Waals surface area contributed by atoms with Crippen LogP contribution in [0.1, 0.15) is 17.9 Å². The molecule has 1 heterocycles. The van der Waals surface area contributed by atoms with Crippen molar-refractivity contribution in [2.24, 2.45) is 0 Å². The number of rotatable bonds is 1. The molecule has 0 saturated carbocycles. The highest BCUT2D eigenvalue weighted by Gasteiger charge is 2.30. The second-order valence-electron chi connectivity index (χ2n) is 3.37. The molecule has 0 fully saturated rings. The first kappa shape index (κ1) is 9.64. The first-order valence-corrected chi connectivity index (χ1v) is 4.40. The molecule has 0 aromatic heterocycles. The van der Waals surface area contributed by atoms with Gasteiger partial charge in [-0.15, -0.1) is 0 Å². The number of carboxylic acids is 1. The van der Waals surface area contributed by atoms with Crippen molar-refractivity contribution in [2.45, 2.75) is 12.3 Å². The molecule has 1 aromatic carbocycles. The summed E-state index contributed by atoms with van der Waals surface area (Å²) in [5, 5.41) is 11.4. The van der Waals surface area contributed by atoms with Gasteiger partial charge in [-0.2, -0.15) is 0 Å². The zero-order valence-corrected chi connectivity index (χ0v) is 7.66. The van der Waals surface area contributed by atoms with Crippen LogP contribution in [0.3, 0.4) is 0 Å². The van der Waals surface area contributed by atoms with E-state index in [1.807, 2.05) is 0 Å². The van der Waals surface area contributed by atoms with Gasteiger partial charge < -0.3 is 10.4 Å². The van der Waals surface area contributed by atoms with Gasteiger partial charge in [0.05, 0.1) is 5.92 Å². The number of amides is 1. The summed E-state index contributed by atoms with van der Waals surface area (Å²) in [5.74, 6) is -2.93. The van der Waals surface area contributed by atoms with Crippen LogP contribution < -0.4 is 5.32 Å². The number of benzene rings is 1. The van der Waals surface area contributed by atoms with Gasteiger partial charge in [-0.05, 0) is 23.8 Å². The summed E-state index contributed by atoms with van der Waals surface area (Å²) < 4.78 is 12.9. The second kappa shape index (κ2) is 3.34. The van der Waals surface area contributed by atoms with E-state index in [0.29, 0.717) is 11.3 Å². The van der Waals surface area contributed by atoms with Gasteiger partial charge in [-0.25, -0.2) is 4.39 Å². The zero-order valence-electron chi connectivity index (χ0n) is 7.66. The van der Waals surface area contributed by atoms with E-state index >= 15 is 0 Å². The standard InChI is InChI=1S/C10H8FNO3/c11-5-1-2-8-6(3-5)7(10(14)15)4-9(13)12-8/h1-3,7H,4H2,(H,12,13)(H,14,15)/t7-/m0/s1. The smallest absolute Gasteiger partial charge is 0.311 e. The highest BCUT2D eigenvalue weighted by atomic mass is 19.1. The summed E-state index contributed by atoms with van der Waals surface area (Å²) in [7, 11) is 0. The van der Waals surface area contributed by atoms with E-state index in [4.69, 9.17) is 5.11 Å². The molecule has 15 heavy (non-hydrogen) atoms. The maximum absolute atomic E-state index is 12.9. The van der Waals surface area contributed by atoms with Crippen LogP contribution in [-0.2, 0) is 9.59 Å². The van der Waals surface area contributed by atoms with Gasteiger partial charge in [0.2, 0.25) is 5.91 Å². The molecule has 1 aromatic rings. The van der Waals surface area contributed by atoms with Crippen LogP contribution in [-0.4, -0.2) is 17.0 Å². The molecule has 2 rings (SSSR count). The summed E-state index contributed by atoms with van der Waals surface area (Å²) in [6.07, 6.45) is -0.147. The lowest BCUT2D eigenvalue weighted by Gasteiger charge is -2.22. The van der Waals surface area contributed by atoms with Gasteiger partial charge in [0.1, 0.15) is 5.82 Å². The molecule has 2 N–H and O–H groups in total. The molecule has 1 aliphatic heterocycles. The number of anilines is 1. The normalized spacial score (nSPS) is 19.3. The summed E-state index contributed by atoms with van der Waals surface area (Å²) in [5.41, 5.74) is 0.696. The molecule has 0 bridgehead atoms. The lowest BCUT2D eigenvalue weighted by Crippen LogP contribution is -2.27. The number of fused-ring (bicyclic) bond motifs is 1. The number of carbonyl (C=O) groups excluding carboxylic acids is 1. The molecule has 1 amide bonds. The third-order valence-electron chi connectivity index (χ3n) is 2.35. The molecule has 0 spiro atoms. The molecule has 4 nitrogen and oxygen atoms in total. The first-order valence-electron chi connectivity index (χ1n) is 4.40. The Kier molecular flexibility index (Phi) is 2.15. The van der Waals surface area contributed by atoms with E-state index in [1.165, 1.54) is 12.1 Å². The molecule has 1 aliphatic rings. The van der Waals surface area contributed by atoms with Crippen LogP contribution in [0.5, 0.6) is 0 Å². The lowest BCUT2D eigenvalue weighted by atomic mass is 9.91. The largest absolute Gasteiger partial charge is 0.481 e. The maximum atomic E-state index is 12.9. The van der Waals surface area contributed by atoms with Gasteiger partial charge in [-0.1, -0.05) is 0 Å². The van der Waals surface area contributed by atoms with E-state index in [2.05, 4.69) is 5.32 Å². The summed E-state index contributed by atoms with van der Waals surface area (Å²) >= 11 is 0. The molecule has 0 radical (unpaired) electrons. The maximum Gasteiger partial charge on any atom is 0.311 e. The fourth-order valence-corrected chi connectivity index (χ4v) is 1.65. The van der Waals surface area contributed by atoms with Crippen LogP contribution in [0.2, 0.25) is 0 Å². The number of hydrogen-bond donors (Lipinski definition) is 2. The zero-order chi connectivity index (χ0) is 11.0. The van der Waals surface area contributed by atoms with Gasteiger partial charge in [0.15, 0.2) is 0 Å². The highest BCUT2D eigenvalue weighted by Crippen LogP contribution is 2.32. The SMILES string of the molecule is O=C1C[C@H](C(=O)O)c2cc(F)ccc2N1. The molecular weight excluding hydrogens is 201 g/mol. The number of nitrogens with one attached hydrogen (secondary N) is 1. The van der Waals surface area contributed by atoms with Crippen molar-refractivity contribution in [1.82, 2.24) is 0 Å². The van der Waals surface area contributed by atoms with Gasteiger partial charge in [0.25, 0.3) is 0 Å². The number of halogens is 1. The van der Waals surface area contributed by atoms with Crippen LogP contribution in [0.15, 0.2) is 18.2 Å². The minimum Gasteiger partial charge on any atom is -0.481 e. The Morgan fingerprint density at radius 3 is 2.93 bits per heavy atom. The fraction of sp³-hybridized carbons (Fsp3) is 0.200. The lowest BCUT2D eigenvalue weighted by molar-refractivity contribution is -0.140. The predicted octanol–water partition coefficient (Wildman–Crippen LogP) is 1.34. The number of carboxylic acid groups (broad SMARTS) is 1. The van der Waals surface area contributed by atoms with Crippen molar-refractivity contribution in [3.63, 3.8) is 0 Å². The van der Waals surface area contributed by atoms with Crippen molar-refractivity contribution in [3.05, 3.63) is 29.6 Å². The Hall–Kier alpha value is -1.91. The van der Waals surface area contributed by atoms with E-state index in [-0.39, 0.29) is 12.3 Å². The molecule has 78 valence electrons. The second-order valence-corrected chi connectivity index (χ2v) is 3.37. The molecule has 0 saturated heterocycles. The summed E-state index contributed by atoms with van der Waals surface area (Å²) in [6.45, 7) is 0. The van der Waals surface area contributed by atoms with E-state index in [1.54, 1.807) is 0 Å². The minimum absolute atomic E-state index is 0.147. The van der Waals surface area contributed by atoms with Crippen LogP contribution in [0, 0.1) is 5.82 Å². The quantitative estimate of drug-likeness (QED) is 0.733. The highest BCUT2D eigenvalue weighted by molar-refractivity contribution is 5.99. The predicted molar refractivity (Wildman–Crippen MR) is 50.0 cm³/mol. The van der Waals surface area contributed by atoms with Crippen LogP contribution in [0.4, 0.5) is 10.1 Å². The Morgan fingerprint density at radius 1 is 1.53 bits per heavy atom. The van der Waals surface area contributed by atoms with Crippen molar-refractivity contribution < 1.29 is 19.1 Å². The van der Waals surface area contributed by atoms with Crippen molar-refractivity contribution in [1.29, 1.82) is 0 Å². The Labute approximate surface area is 84.7 Å². The van der Waals surface area contributed by atoms with Gasteiger partial charge in [0, 0.05) is 12.1 Å². The first-order chi connectivity index (χ1) is 7.08. The van der Waals surface area contributed by atoms with Crippen LogP contribution >= 0.6 is 0 Å². The van der Waals surface area contributed by atoms with E-state index in [0.717, 1.165) is 6.07 Å². The Bertz CT molecular complexity index is 444. The third-order valence-corrected chi connectivity index (χ3v) is 2.35. The molecule has 1 atom stereocenters. The average molecular weight is 209 g/mol. The summed E-state index contributed by atoms with van der Waals surface area (Å²) in [6, 6.07) is 3.70. The third kappa shape index (κ3) is 1.68. The van der Waals surface area contributed by atoms with Crippen LogP contribution in [0.25, 0.3) is 0 Å². The monoisotopic (exact) mass is 209 g/mol. The average Bonchev–Trinajstić information content (AvgIpc) is 2.17. The number of aliphatic carboxylic acids is 1. The molecule has 0 unspecified atom stereocenters. The Morgan fingerprint density at radius 2 is 2.27 bits per heavy atom. The summed E-state index contributed by atoms with van der Waals surface area (Å²) in [4.78, 5) is 22.0. The molecule has 5 heteroatoms. The number of carbonyl (C=O) groups is 2. The molecule has 0 aliphatic carbocycles. The van der Waals surface area contributed by atoms with Gasteiger partial charge >= 0.3 is 5.97 Å². The minimum atomic E-state index is -1.11. The number of hydrogen-bond acceptors (Lipinski definition) is 2. The van der Waals surface area contributed by atoms with Crippen molar-refractivity contribution in [3.8, 4) is 0 Å².